The van der Waals surface area contributed by atoms with Gasteiger partial charge in [-0.1, -0.05) is 41.3 Å². The summed E-state index contributed by atoms with van der Waals surface area (Å²) in [5, 5.41) is 0. The molecule has 0 spiro atoms. The number of rotatable bonds is 4. The summed E-state index contributed by atoms with van der Waals surface area (Å²) >= 11 is 2.10. The van der Waals surface area contributed by atoms with Gasteiger partial charge < -0.3 is 9.64 Å². The molecule has 1 atom stereocenters. The van der Waals surface area contributed by atoms with Crippen LogP contribution in [0.15, 0.2) is 36.9 Å². The van der Waals surface area contributed by atoms with E-state index in [1.807, 2.05) is 6.08 Å². The van der Waals surface area contributed by atoms with Gasteiger partial charge in [0.25, 0.3) is 0 Å². The second-order valence-corrected chi connectivity index (χ2v) is 5.93. The first-order chi connectivity index (χ1) is 9.54. The van der Waals surface area contributed by atoms with Crippen LogP contribution in [0.5, 0.6) is 5.75 Å². The molecule has 1 unspecified atom stereocenters. The van der Waals surface area contributed by atoms with Crippen LogP contribution in [0.2, 0.25) is 0 Å². The fourth-order valence-electron chi connectivity index (χ4n) is 2.02. The van der Waals surface area contributed by atoms with Crippen molar-refractivity contribution in [2.24, 2.45) is 0 Å². The smallest absolute Gasteiger partial charge is 0.240 e. The third-order valence-electron chi connectivity index (χ3n) is 3.06. The van der Waals surface area contributed by atoms with Crippen molar-refractivity contribution in [3.8, 4) is 5.75 Å². The number of nitrogens with zero attached hydrogens (tertiary/aromatic N) is 1. The molecule has 5 heteroatoms. The number of benzene rings is 1. The molecule has 20 heavy (non-hydrogen) atoms. The largest absolute Gasteiger partial charge is 0.489 e. The molecule has 1 amide bonds. The summed E-state index contributed by atoms with van der Waals surface area (Å²) in [6.07, 6.45) is 4.11. The lowest BCUT2D eigenvalue weighted by molar-refractivity contribution is -0.126. The number of hydrogen-bond acceptors (Lipinski definition) is 2. The summed E-state index contributed by atoms with van der Waals surface area (Å²) in [4.78, 5) is 13.5. The maximum Gasteiger partial charge on any atom is 0.240 e. The Hall–Kier alpha value is -1.37. The minimum Gasteiger partial charge on any atom is -0.489 e. The lowest BCUT2D eigenvalue weighted by Gasteiger charge is -2.28. The van der Waals surface area contributed by atoms with Crippen molar-refractivity contribution < 1.29 is 13.9 Å². The van der Waals surface area contributed by atoms with E-state index in [1.54, 1.807) is 25.3 Å². The lowest BCUT2D eigenvalue weighted by atomic mass is 10.0. The van der Waals surface area contributed by atoms with Crippen molar-refractivity contribution in [1.29, 1.82) is 0 Å². The Labute approximate surface area is 131 Å². The molecule has 1 aliphatic rings. The predicted octanol–water partition coefficient (Wildman–Crippen LogP) is 3.40. The van der Waals surface area contributed by atoms with Crippen LogP contribution in [0, 0.1) is 5.82 Å². The zero-order valence-electron chi connectivity index (χ0n) is 11.1. The van der Waals surface area contributed by atoms with E-state index in [2.05, 4.69) is 29.2 Å². The molecule has 3 nitrogen and oxygen atoms in total. The highest BCUT2D eigenvalue weighted by Crippen LogP contribution is 2.30. The third kappa shape index (κ3) is 3.03. The summed E-state index contributed by atoms with van der Waals surface area (Å²) in [6.45, 7) is 3.87. The summed E-state index contributed by atoms with van der Waals surface area (Å²) in [7, 11) is 1.67. The van der Waals surface area contributed by atoms with Crippen molar-refractivity contribution in [2.45, 2.75) is 10.3 Å². The predicted molar refractivity (Wildman–Crippen MR) is 85.3 cm³/mol. The Morgan fingerprint density at radius 1 is 1.60 bits per heavy atom. The van der Waals surface area contributed by atoms with Gasteiger partial charge in [-0.2, -0.15) is 0 Å². The Morgan fingerprint density at radius 3 is 3.00 bits per heavy atom. The molecule has 1 aromatic carbocycles. The van der Waals surface area contributed by atoms with Crippen LogP contribution >= 0.6 is 22.6 Å². The highest BCUT2D eigenvalue weighted by Gasteiger charge is 2.27. The van der Waals surface area contributed by atoms with Crippen LogP contribution in [0.1, 0.15) is 12.0 Å². The highest BCUT2D eigenvalue weighted by molar-refractivity contribution is 14.1. The molecule has 2 rings (SSSR count). The minimum atomic E-state index is -0.399. The Balaban J connectivity index is 2.29. The zero-order chi connectivity index (χ0) is 14.7. The maximum absolute atomic E-state index is 14.2. The van der Waals surface area contributed by atoms with Gasteiger partial charge in [-0.3, -0.25) is 4.79 Å². The summed E-state index contributed by atoms with van der Waals surface area (Å²) in [5.74, 6) is 0.0437. The number of hydrogen-bond donors (Lipinski definition) is 0. The van der Waals surface area contributed by atoms with Gasteiger partial charge in [0.15, 0.2) is 0 Å². The van der Waals surface area contributed by atoms with Gasteiger partial charge in [0.1, 0.15) is 18.2 Å². The Morgan fingerprint density at radius 2 is 2.35 bits per heavy atom. The molecule has 0 N–H and O–H groups in total. The maximum atomic E-state index is 14.2. The second-order valence-electron chi connectivity index (χ2n) is 4.43. The molecule has 0 fully saturated rings. The van der Waals surface area contributed by atoms with Crippen molar-refractivity contribution in [3.63, 3.8) is 0 Å². The topological polar surface area (TPSA) is 29.5 Å². The molecule has 0 radical (unpaired) electrons. The normalized spacial score (nSPS) is 18.8. The minimum absolute atomic E-state index is 0.00511. The standard InChI is InChI=1S/C15H15FINO2/c1-3-8-20-10-4-5-11(12(16)9-10)14-7-6-13(17)15(19)18(14)2/h3-5,7,9,13H,1,6,8H2,2H3. The van der Waals surface area contributed by atoms with Crippen LogP contribution < -0.4 is 4.74 Å². The van der Waals surface area contributed by atoms with E-state index >= 15 is 0 Å². The van der Waals surface area contributed by atoms with Crippen LogP contribution in [0.4, 0.5) is 4.39 Å². The monoisotopic (exact) mass is 387 g/mol. The van der Waals surface area contributed by atoms with Crippen LogP contribution in [-0.2, 0) is 4.79 Å². The molecule has 0 saturated heterocycles. The molecule has 1 aromatic rings. The summed E-state index contributed by atoms with van der Waals surface area (Å²) in [6, 6.07) is 4.65. The van der Waals surface area contributed by atoms with Crippen molar-refractivity contribution in [1.82, 2.24) is 4.90 Å². The van der Waals surface area contributed by atoms with Gasteiger partial charge >= 0.3 is 0 Å². The SMILES string of the molecule is C=CCOc1ccc(C2=CCC(I)C(=O)N2C)c(F)c1. The third-order valence-corrected chi connectivity index (χ3v) is 4.10. The second kappa shape index (κ2) is 6.39. The molecule has 0 saturated carbocycles. The number of allylic oxidation sites excluding steroid dienone is 1. The van der Waals surface area contributed by atoms with Gasteiger partial charge in [-0.05, 0) is 18.6 Å². The zero-order valence-corrected chi connectivity index (χ0v) is 13.3. The Bertz CT molecular complexity index is 571. The number of amides is 1. The van der Waals surface area contributed by atoms with Crippen molar-refractivity contribution >= 4 is 34.2 Å². The number of carbonyl (C=O) groups is 1. The first-order valence-electron chi connectivity index (χ1n) is 6.20. The van der Waals surface area contributed by atoms with E-state index in [0.717, 1.165) is 0 Å². The van der Waals surface area contributed by atoms with E-state index in [9.17, 15) is 9.18 Å². The van der Waals surface area contributed by atoms with E-state index in [4.69, 9.17) is 4.74 Å². The van der Waals surface area contributed by atoms with E-state index in [0.29, 0.717) is 30.0 Å². The quantitative estimate of drug-likeness (QED) is 0.450. The molecular weight excluding hydrogens is 372 g/mol. The van der Waals surface area contributed by atoms with Crippen LogP contribution in [0.25, 0.3) is 5.70 Å². The molecule has 0 aliphatic carbocycles. The highest BCUT2D eigenvalue weighted by atomic mass is 127. The fourth-order valence-corrected chi connectivity index (χ4v) is 2.69. The van der Waals surface area contributed by atoms with Gasteiger partial charge in [0, 0.05) is 24.4 Å². The fraction of sp³-hybridized carbons (Fsp3) is 0.267. The molecule has 0 bridgehead atoms. The summed E-state index contributed by atoms with van der Waals surface area (Å²) in [5.41, 5.74) is 1.02. The number of ether oxygens (including phenoxy) is 1. The van der Waals surface area contributed by atoms with Gasteiger partial charge in [0.2, 0.25) is 5.91 Å². The van der Waals surface area contributed by atoms with Gasteiger partial charge in [-0.25, -0.2) is 4.39 Å². The first kappa shape index (κ1) is 15.0. The van der Waals surface area contributed by atoms with Crippen LogP contribution in [0.3, 0.4) is 0 Å². The molecule has 1 aliphatic heterocycles. The first-order valence-corrected chi connectivity index (χ1v) is 7.44. The average Bonchev–Trinajstić information content (AvgIpc) is 2.44. The summed E-state index contributed by atoms with van der Waals surface area (Å²) < 4.78 is 19.4. The van der Waals surface area contributed by atoms with Crippen molar-refractivity contribution in [2.75, 3.05) is 13.7 Å². The molecule has 0 aromatic heterocycles. The van der Waals surface area contributed by atoms with E-state index < -0.39 is 5.82 Å². The lowest BCUT2D eigenvalue weighted by Crippen LogP contribution is -2.35. The molecule has 106 valence electrons. The van der Waals surface area contributed by atoms with E-state index in [-0.39, 0.29) is 9.83 Å². The van der Waals surface area contributed by atoms with Crippen molar-refractivity contribution in [3.05, 3.63) is 48.3 Å². The van der Waals surface area contributed by atoms with E-state index in [1.165, 1.54) is 11.0 Å². The number of halogens is 2. The van der Waals surface area contributed by atoms with Gasteiger partial charge in [-0.15, -0.1) is 0 Å². The number of alkyl halides is 1. The number of carbonyl (C=O) groups excluding carboxylic acids is 1. The van der Waals surface area contributed by atoms with Gasteiger partial charge in [0.05, 0.1) is 3.92 Å². The Kier molecular flexibility index (Phi) is 4.80. The van der Waals surface area contributed by atoms with Crippen LogP contribution in [-0.4, -0.2) is 28.4 Å². The average molecular weight is 387 g/mol. The molecular formula is C15H15FINO2. The molecule has 1 heterocycles.